The van der Waals surface area contributed by atoms with Crippen LogP contribution in [0, 0.1) is 13.8 Å². The van der Waals surface area contributed by atoms with E-state index in [9.17, 15) is 28.8 Å². The number of hydrogen-bond donors (Lipinski definition) is 0. The second kappa shape index (κ2) is 21.5. The van der Waals surface area contributed by atoms with Crippen molar-refractivity contribution in [3.8, 4) is 11.5 Å². The van der Waals surface area contributed by atoms with E-state index in [0.29, 0.717) is 73.6 Å². The van der Waals surface area contributed by atoms with E-state index in [2.05, 4.69) is 13.2 Å². The highest BCUT2D eigenvalue weighted by Gasteiger charge is 2.27. The molecule has 2 aromatic carbocycles. The Balaban J connectivity index is 1.35. The second-order valence-electron chi connectivity index (χ2n) is 11.7. The van der Waals surface area contributed by atoms with Gasteiger partial charge in [-0.1, -0.05) is 13.2 Å². The number of esters is 4. The molecule has 14 heteroatoms. The zero-order valence-electron chi connectivity index (χ0n) is 29.4. The topological polar surface area (TPSA) is 176 Å². The number of carbonyl (C=O) groups excluding carboxylic acids is 6. The molecule has 0 atom stereocenters. The van der Waals surface area contributed by atoms with Crippen molar-refractivity contribution < 1.29 is 66.7 Å². The third-order valence-electron chi connectivity index (χ3n) is 7.72. The maximum absolute atomic E-state index is 12.8. The summed E-state index contributed by atoms with van der Waals surface area (Å²) in [6, 6.07) is 9.08. The van der Waals surface area contributed by atoms with Gasteiger partial charge in [-0.15, -0.1) is 0 Å². The minimum atomic E-state index is -0.895. The number of unbranched alkanes of at least 4 members (excludes halogenated alkanes) is 2. The highest BCUT2D eigenvalue weighted by Crippen LogP contribution is 2.27. The average Bonchev–Trinajstić information content (AvgIpc) is 3.13. The number of ether oxygens (including phenoxy) is 8. The van der Waals surface area contributed by atoms with Crippen LogP contribution in [0.15, 0.2) is 61.7 Å². The Kier molecular flexibility index (Phi) is 16.9. The van der Waals surface area contributed by atoms with Gasteiger partial charge in [0, 0.05) is 12.2 Å². The summed E-state index contributed by atoms with van der Waals surface area (Å²) in [4.78, 5) is 71.8. The van der Waals surface area contributed by atoms with Crippen molar-refractivity contribution >= 4 is 36.2 Å². The number of rotatable bonds is 18. The Morgan fingerprint density at radius 1 is 0.577 bits per heavy atom. The molecular formula is C38H44O14. The van der Waals surface area contributed by atoms with Gasteiger partial charge < -0.3 is 37.9 Å². The largest absolute Gasteiger partial charge is 0.513 e. The first-order valence-electron chi connectivity index (χ1n) is 16.9. The normalized spacial score (nSPS) is 14.9. The summed E-state index contributed by atoms with van der Waals surface area (Å²) in [5.41, 5.74) is 1.65. The number of aryl methyl sites for hydroxylation is 2. The predicted octanol–water partition coefficient (Wildman–Crippen LogP) is 6.68. The number of hydrogen-bond acceptors (Lipinski definition) is 14. The Bertz CT molecular complexity index is 1470. The van der Waals surface area contributed by atoms with Gasteiger partial charge in [0.15, 0.2) is 0 Å². The molecule has 280 valence electrons. The van der Waals surface area contributed by atoms with E-state index >= 15 is 0 Å². The molecule has 52 heavy (non-hydrogen) atoms. The number of benzene rings is 2. The smallest absolute Gasteiger partial charge is 0.463 e. The lowest BCUT2D eigenvalue weighted by Gasteiger charge is -2.28. The maximum atomic E-state index is 12.8. The Hall–Kier alpha value is -5.66. The summed E-state index contributed by atoms with van der Waals surface area (Å²) in [6.07, 6.45) is 3.59. The van der Waals surface area contributed by atoms with Crippen molar-refractivity contribution in [3.05, 3.63) is 84.0 Å². The maximum Gasteiger partial charge on any atom is 0.513 e. The van der Waals surface area contributed by atoms with Gasteiger partial charge in [0.2, 0.25) is 0 Å². The van der Waals surface area contributed by atoms with Crippen LogP contribution in [0.1, 0.15) is 83.2 Å². The molecule has 0 aliphatic heterocycles. The highest BCUT2D eigenvalue weighted by molar-refractivity contribution is 5.91. The molecular weight excluding hydrogens is 680 g/mol. The van der Waals surface area contributed by atoms with Crippen molar-refractivity contribution in [1.82, 2.24) is 0 Å². The zero-order valence-corrected chi connectivity index (χ0v) is 29.4. The van der Waals surface area contributed by atoms with Gasteiger partial charge in [0.1, 0.15) is 23.7 Å². The molecule has 0 saturated heterocycles. The molecule has 14 nitrogen and oxygen atoms in total. The molecule has 0 unspecified atom stereocenters. The molecule has 0 amide bonds. The summed E-state index contributed by atoms with van der Waals surface area (Å²) >= 11 is 0. The van der Waals surface area contributed by atoms with E-state index < -0.39 is 36.2 Å². The van der Waals surface area contributed by atoms with Gasteiger partial charge in [0.05, 0.1) is 37.6 Å². The molecule has 3 rings (SSSR count). The summed E-state index contributed by atoms with van der Waals surface area (Å²) in [6.45, 7) is 10.5. The quantitative estimate of drug-likeness (QED) is 0.0523. The number of carbonyl (C=O) groups is 6. The van der Waals surface area contributed by atoms with Crippen molar-refractivity contribution in [2.75, 3.05) is 26.4 Å². The van der Waals surface area contributed by atoms with Crippen LogP contribution in [0.25, 0.3) is 0 Å². The van der Waals surface area contributed by atoms with E-state index in [1.54, 1.807) is 26.0 Å². The van der Waals surface area contributed by atoms with Crippen molar-refractivity contribution in [1.29, 1.82) is 0 Å². The third-order valence-corrected chi connectivity index (χ3v) is 7.72. The molecule has 0 aromatic heterocycles. The van der Waals surface area contributed by atoms with Crippen LogP contribution >= 0.6 is 0 Å². The first kappa shape index (κ1) is 40.8. The monoisotopic (exact) mass is 724 g/mol. The molecule has 1 aliphatic carbocycles. The molecule has 0 radical (unpaired) electrons. The van der Waals surface area contributed by atoms with E-state index in [0.717, 1.165) is 12.2 Å². The fourth-order valence-electron chi connectivity index (χ4n) is 4.91. The lowest BCUT2D eigenvalue weighted by molar-refractivity contribution is -0.138. The van der Waals surface area contributed by atoms with Crippen molar-refractivity contribution in [3.63, 3.8) is 0 Å². The Labute approximate surface area is 301 Å². The van der Waals surface area contributed by atoms with Crippen molar-refractivity contribution in [2.24, 2.45) is 0 Å². The lowest BCUT2D eigenvalue weighted by atomic mass is 9.94. The highest BCUT2D eigenvalue weighted by atomic mass is 16.7. The van der Waals surface area contributed by atoms with Crippen LogP contribution in [0.3, 0.4) is 0 Å². The second-order valence-corrected chi connectivity index (χ2v) is 11.7. The minimum Gasteiger partial charge on any atom is -0.463 e. The van der Waals surface area contributed by atoms with Crippen LogP contribution in [-0.2, 0) is 38.0 Å². The third kappa shape index (κ3) is 14.3. The van der Waals surface area contributed by atoms with E-state index in [1.165, 1.54) is 24.3 Å². The summed E-state index contributed by atoms with van der Waals surface area (Å²) in [7, 11) is 0. The van der Waals surface area contributed by atoms with Gasteiger partial charge in [-0.3, -0.25) is 0 Å². The summed E-state index contributed by atoms with van der Waals surface area (Å²) in [5.74, 6) is -1.61. The van der Waals surface area contributed by atoms with E-state index in [4.69, 9.17) is 37.9 Å². The molecule has 1 saturated carbocycles. The molecule has 1 aliphatic rings. The van der Waals surface area contributed by atoms with E-state index in [1.807, 2.05) is 0 Å². The van der Waals surface area contributed by atoms with Crippen LogP contribution in [0.5, 0.6) is 11.5 Å². The first-order valence-corrected chi connectivity index (χ1v) is 16.9. The van der Waals surface area contributed by atoms with E-state index in [-0.39, 0.29) is 50.1 Å². The summed E-state index contributed by atoms with van der Waals surface area (Å²) < 4.78 is 41.6. The Morgan fingerprint density at radius 2 is 0.923 bits per heavy atom. The molecule has 1 fully saturated rings. The van der Waals surface area contributed by atoms with Gasteiger partial charge in [0.25, 0.3) is 0 Å². The summed E-state index contributed by atoms with van der Waals surface area (Å²) in [5, 5.41) is 0. The van der Waals surface area contributed by atoms with Gasteiger partial charge >= 0.3 is 36.2 Å². The molecule has 0 N–H and O–H groups in total. The van der Waals surface area contributed by atoms with Crippen LogP contribution in [-0.4, -0.2) is 74.8 Å². The lowest BCUT2D eigenvalue weighted by Crippen LogP contribution is -2.29. The Morgan fingerprint density at radius 3 is 1.25 bits per heavy atom. The predicted molar refractivity (Wildman–Crippen MR) is 184 cm³/mol. The fraction of sp³-hybridized carbons (Fsp3) is 0.421. The standard InChI is InChI=1S/C38H44O14/c1-5-33(39)45-19-7-9-21-47-37(43)51-31-17-11-27(23-25(31)3)35(41)49-29-13-15-30(16-14-29)50-36(42)28-12-18-32(26(4)24-28)52-38(44)48-22-10-8-20-46-34(40)6-2/h5-6,11-12,17-18,23-24,29-30H,1-2,7-10,13-16,19-22H2,3-4H3. The minimum absolute atomic E-state index is 0.0832. The molecule has 0 heterocycles. The molecule has 0 spiro atoms. The fourth-order valence-corrected chi connectivity index (χ4v) is 4.91. The van der Waals surface area contributed by atoms with Gasteiger partial charge in [-0.2, -0.15) is 0 Å². The van der Waals surface area contributed by atoms with Crippen LogP contribution in [0.2, 0.25) is 0 Å². The zero-order chi connectivity index (χ0) is 37.9. The van der Waals surface area contributed by atoms with Crippen LogP contribution in [0.4, 0.5) is 9.59 Å². The van der Waals surface area contributed by atoms with Crippen molar-refractivity contribution in [2.45, 2.75) is 77.4 Å². The average molecular weight is 725 g/mol. The molecule has 0 bridgehead atoms. The van der Waals surface area contributed by atoms with Gasteiger partial charge in [-0.05, 0) is 113 Å². The van der Waals surface area contributed by atoms with Crippen LogP contribution < -0.4 is 9.47 Å². The van der Waals surface area contributed by atoms with Gasteiger partial charge in [-0.25, -0.2) is 28.8 Å². The molecule has 2 aromatic rings. The SMILES string of the molecule is C=CC(=O)OCCCCOC(=O)Oc1ccc(C(=O)OC2CCC(OC(=O)c3ccc(OC(=O)OCCCCOC(=O)C=C)c(C)c3)CC2)cc1C. The first-order chi connectivity index (χ1) is 25.0.